The molecule has 2 atom stereocenters. The summed E-state index contributed by atoms with van der Waals surface area (Å²) in [7, 11) is 0. The summed E-state index contributed by atoms with van der Waals surface area (Å²) in [5.41, 5.74) is 2.51. The predicted molar refractivity (Wildman–Crippen MR) is 84.4 cm³/mol. The molecule has 0 saturated heterocycles. The summed E-state index contributed by atoms with van der Waals surface area (Å²) in [6, 6.07) is 16.3. The Balaban J connectivity index is 1.78. The lowest BCUT2D eigenvalue weighted by molar-refractivity contribution is 0.0788. The Hall–Kier alpha value is -2.62. The van der Waals surface area contributed by atoms with Crippen molar-refractivity contribution >= 4 is 11.9 Å². The molecule has 1 aliphatic rings. The number of urea groups is 1. The molecular weight excluding hydrogens is 276 g/mol. The van der Waals surface area contributed by atoms with E-state index in [1.54, 1.807) is 6.07 Å². The van der Waals surface area contributed by atoms with Gasteiger partial charge < -0.3 is 5.32 Å². The summed E-state index contributed by atoms with van der Waals surface area (Å²) in [5, 5.41) is 2.90. The number of hydrogen-bond acceptors (Lipinski definition) is 2. The first-order valence-corrected chi connectivity index (χ1v) is 7.37. The molecule has 112 valence electrons. The van der Waals surface area contributed by atoms with Gasteiger partial charge in [0, 0.05) is 5.56 Å². The second-order valence-corrected chi connectivity index (χ2v) is 5.52. The van der Waals surface area contributed by atoms with Gasteiger partial charge in [-0.3, -0.25) is 9.69 Å². The van der Waals surface area contributed by atoms with E-state index in [1.807, 2.05) is 62.4 Å². The average Bonchev–Trinajstić information content (AvgIpc) is 2.80. The van der Waals surface area contributed by atoms with Gasteiger partial charge in [-0.1, -0.05) is 48.5 Å². The molecular formula is C18H18N2O2. The van der Waals surface area contributed by atoms with Crippen LogP contribution >= 0.6 is 0 Å². The van der Waals surface area contributed by atoms with E-state index in [2.05, 4.69) is 5.32 Å². The number of carbonyl (C=O) groups is 2. The Bertz CT molecular complexity index is 712. The number of amides is 3. The van der Waals surface area contributed by atoms with Crippen LogP contribution in [0.2, 0.25) is 0 Å². The Labute approximate surface area is 129 Å². The van der Waals surface area contributed by atoms with Gasteiger partial charge in [0.25, 0.3) is 5.91 Å². The van der Waals surface area contributed by atoms with Crippen molar-refractivity contribution in [1.82, 2.24) is 10.2 Å². The van der Waals surface area contributed by atoms with Crippen LogP contribution in [0.4, 0.5) is 4.79 Å². The number of rotatable bonds is 2. The van der Waals surface area contributed by atoms with Crippen LogP contribution in [0.5, 0.6) is 0 Å². The molecule has 0 fully saturated rings. The van der Waals surface area contributed by atoms with E-state index in [9.17, 15) is 9.59 Å². The van der Waals surface area contributed by atoms with Crippen LogP contribution in [-0.2, 0) is 0 Å². The minimum Gasteiger partial charge on any atom is -0.331 e. The third-order valence-electron chi connectivity index (χ3n) is 4.11. The summed E-state index contributed by atoms with van der Waals surface area (Å²) in [6.07, 6.45) is 0. The van der Waals surface area contributed by atoms with Gasteiger partial charge in [-0.25, -0.2) is 4.79 Å². The molecule has 0 aromatic heterocycles. The molecule has 0 radical (unpaired) electrons. The lowest BCUT2D eigenvalue weighted by Crippen LogP contribution is -2.42. The summed E-state index contributed by atoms with van der Waals surface area (Å²) in [6.45, 7) is 3.78. The molecule has 0 spiro atoms. The number of nitrogens with one attached hydrogen (secondary N) is 1. The van der Waals surface area contributed by atoms with Crippen LogP contribution in [-0.4, -0.2) is 16.8 Å². The van der Waals surface area contributed by atoms with Crippen molar-refractivity contribution < 1.29 is 9.59 Å². The number of hydrogen-bond donors (Lipinski definition) is 1. The molecule has 1 N–H and O–H groups in total. The third-order valence-corrected chi connectivity index (χ3v) is 4.11. The van der Waals surface area contributed by atoms with Crippen molar-refractivity contribution in [3.63, 3.8) is 0 Å². The van der Waals surface area contributed by atoms with E-state index in [-0.39, 0.29) is 24.0 Å². The predicted octanol–water partition coefficient (Wildman–Crippen LogP) is 3.67. The van der Waals surface area contributed by atoms with Crippen LogP contribution in [0.3, 0.4) is 0 Å². The number of benzene rings is 2. The third kappa shape index (κ3) is 2.37. The Kier molecular flexibility index (Phi) is 3.67. The molecule has 22 heavy (non-hydrogen) atoms. The lowest BCUT2D eigenvalue weighted by Gasteiger charge is -2.23. The highest BCUT2D eigenvalue weighted by molar-refractivity contribution is 6.08. The molecule has 0 aliphatic carbocycles. The monoisotopic (exact) mass is 294 g/mol. The lowest BCUT2D eigenvalue weighted by atomic mass is 10.1. The maximum Gasteiger partial charge on any atom is 0.325 e. The van der Waals surface area contributed by atoms with Crippen LogP contribution < -0.4 is 5.32 Å². The fourth-order valence-corrected chi connectivity index (χ4v) is 2.85. The molecule has 0 bridgehead atoms. The summed E-state index contributed by atoms with van der Waals surface area (Å²) in [4.78, 5) is 26.2. The van der Waals surface area contributed by atoms with Gasteiger partial charge in [0.05, 0.1) is 12.1 Å². The van der Waals surface area contributed by atoms with E-state index in [4.69, 9.17) is 0 Å². The smallest absolute Gasteiger partial charge is 0.325 e. The van der Waals surface area contributed by atoms with Gasteiger partial charge >= 0.3 is 6.03 Å². The van der Waals surface area contributed by atoms with E-state index in [1.165, 1.54) is 4.90 Å². The highest BCUT2D eigenvalue weighted by atomic mass is 16.2. The van der Waals surface area contributed by atoms with Crippen LogP contribution in [0.1, 0.15) is 47.4 Å². The quantitative estimate of drug-likeness (QED) is 0.918. The van der Waals surface area contributed by atoms with Gasteiger partial charge in [-0.05, 0) is 31.0 Å². The summed E-state index contributed by atoms with van der Waals surface area (Å²) < 4.78 is 0. The molecule has 3 amide bonds. The largest absolute Gasteiger partial charge is 0.331 e. The molecule has 4 nitrogen and oxygen atoms in total. The zero-order chi connectivity index (χ0) is 15.7. The van der Waals surface area contributed by atoms with Gasteiger partial charge in [0.2, 0.25) is 0 Å². The molecule has 2 aromatic rings. The Morgan fingerprint density at radius 3 is 2.41 bits per heavy atom. The van der Waals surface area contributed by atoms with Crippen LogP contribution in [0.15, 0.2) is 54.6 Å². The van der Waals surface area contributed by atoms with E-state index >= 15 is 0 Å². The van der Waals surface area contributed by atoms with Crippen molar-refractivity contribution in [2.45, 2.75) is 25.9 Å². The number of carbonyl (C=O) groups excluding carboxylic acids is 2. The fraction of sp³-hybridized carbons (Fsp3) is 0.222. The molecule has 1 heterocycles. The Morgan fingerprint density at radius 2 is 1.73 bits per heavy atom. The molecule has 3 rings (SSSR count). The normalized spacial score (nSPS) is 18.0. The van der Waals surface area contributed by atoms with Crippen molar-refractivity contribution in [2.75, 3.05) is 0 Å². The topological polar surface area (TPSA) is 49.4 Å². The zero-order valence-electron chi connectivity index (χ0n) is 12.6. The maximum absolute atomic E-state index is 12.5. The van der Waals surface area contributed by atoms with Gasteiger partial charge in [-0.2, -0.15) is 0 Å². The van der Waals surface area contributed by atoms with E-state index in [0.717, 1.165) is 11.1 Å². The minimum atomic E-state index is -0.356. The SMILES string of the molecule is CC(NC(=O)N1C(=O)c2ccccc2C1C)c1ccccc1. The maximum atomic E-state index is 12.5. The molecule has 1 aliphatic heterocycles. The second kappa shape index (κ2) is 5.64. The minimum absolute atomic E-state index is 0.155. The Morgan fingerprint density at radius 1 is 1.09 bits per heavy atom. The highest BCUT2D eigenvalue weighted by Gasteiger charge is 2.38. The molecule has 4 heteroatoms. The van der Waals surface area contributed by atoms with Crippen molar-refractivity contribution in [2.24, 2.45) is 0 Å². The first-order chi connectivity index (χ1) is 10.6. The van der Waals surface area contributed by atoms with Crippen LogP contribution in [0, 0.1) is 0 Å². The van der Waals surface area contributed by atoms with Gasteiger partial charge in [0.1, 0.15) is 0 Å². The van der Waals surface area contributed by atoms with Crippen molar-refractivity contribution in [3.8, 4) is 0 Å². The highest BCUT2D eigenvalue weighted by Crippen LogP contribution is 2.33. The molecule has 0 saturated carbocycles. The van der Waals surface area contributed by atoms with Crippen LogP contribution in [0.25, 0.3) is 0 Å². The number of fused-ring (bicyclic) bond motifs is 1. The van der Waals surface area contributed by atoms with E-state index in [0.29, 0.717) is 5.56 Å². The summed E-state index contributed by atoms with van der Waals surface area (Å²) >= 11 is 0. The molecule has 2 aromatic carbocycles. The first kappa shape index (κ1) is 14.3. The second-order valence-electron chi connectivity index (χ2n) is 5.52. The fourth-order valence-electron chi connectivity index (χ4n) is 2.85. The molecule has 2 unspecified atom stereocenters. The van der Waals surface area contributed by atoms with Gasteiger partial charge in [-0.15, -0.1) is 0 Å². The average molecular weight is 294 g/mol. The number of nitrogens with zero attached hydrogens (tertiary/aromatic N) is 1. The zero-order valence-corrected chi connectivity index (χ0v) is 12.6. The van der Waals surface area contributed by atoms with E-state index < -0.39 is 0 Å². The van der Waals surface area contributed by atoms with Crippen molar-refractivity contribution in [1.29, 1.82) is 0 Å². The number of imide groups is 1. The summed E-state index contributed by atoms with van der Waals surface area (Å²) in [5.74, 6) is -0.235. The first-order valence-electron chi connectivity index (χ1n) is 7.37. The standard InChI is InChI=1S/C18H18N2O2/c1-12(14-8-4-3-5-9-14)19-18(22)20-13(2)15-10-6-7-11-16(15)17(20)21/h3-13H,1-2H3,(H,19,22). The van der Waals surface area contributed by atoms with Gasteiger partial charge in [0.15, 0.2) is 0 Å². The van der Waals surface area contributed by atoms with Crippen molar-refractivity contribution in [3.05, 3.63) is 71.3 Å².